The van der Waals surface area contributed by atoms with Gasteiger partial charge < -0.3 is 10.6 Å². The van der Waals surface area contributed by atoms with Gasteiger partial charge in [-0.2, -0.15) is 13.2 Å². The van der Waals surface area contributed by atoms with Crippen molar-refractivity contribution in [2.24, 2.45) is 5.73 Å². The predicted octanol–water partition coefficient (Wildman–Crippen LogP) is 0.526. The fourth-order valence-electron chi connectivity index (χ4n) is 3.01. The van der Waals surface area contributed by atoms with Crippen LogP contribution in [0.25, 0.3) is 0 Å². The number of nitrogens with one attached hydrogen (secondary N) is 1. The molecule has 8 nitrogen and oxygen atoms in total. The van der Waals surface area contributed by atoms with E-state index in [2.05, 4.69) is 10.4 Å². The number of aromatic nitrogens is 1. The zero-order valence-corrected chi connectivity index (χ0v) is 14.3. The summed E-state index contributed by atoms with van der Waals surface area (Å²) in [7, 11) is 0. The van der Waals surface area contributed by atoms with Crippen molar-refractivity contribution in [1.29, 1.82) is 0 Å². The minimum atomic E-state index is -4.43. The van der Waals surface area contributed by atoms with E-state index in [-0.39, 0.29) is 18.1 Å². The molecule has 1 aromatic heterocycles. The van der Waals surface area contributed by atoms with Crippen molar-refractivity contribution < 1.29 is 22.8 Å². The van der Waals surface area contributed by atoms with Gasteiger partial charge in [-0.15, -0.1) is 0 Å². The number of pyridine rings is 1. The maximum Gasteiger partial charge on any atom is 0.416 e. The number of rotatable bonds is 3. The maximum atomic E-state index is 13.1. The molecule has 27 heavy (non-hydrogen) atoms. The van der Waals surface area contributed by atoms with Crippen molar-refractivity contribution in [1.82, 2.24) is 25.2 Å². The number of hydrogen-bond donors (Lipinski definition) is 2. The normalized spacial score (nSPS) is 20.9. The molecule has 1 saturated heterocycles. The summed E-state index contributed by atoms with van der Waals surface area (Å²) in [5.41, 5.74) is 7.26. The molecule has 1 atom stereocenters. The summed E-state index contributed by atoms with van der Waals surface area (Å²) in [4.78, 5) is 30.7. The Morgan fingerprint density at radius 2 is 1.96 bits per heavy atom. The fourth-order valence-corrected chi connectivity index (χ4v) is 3.01. The number of urea groups is 1. The average Bonchev–Trinajstić information content (AvgIpc) is 3.12. The molecular formula is C16H19F3N6O2. The van der Waals surface area contributed by atoms with E-state index in [0.717, 1.165) is 12.3 Å². The third-order valence-corrected chi connectivity index (χ3v) is 4.46. The van der Waals surface area contributed by atoms with E-state index in [4.69, 9.17) is 5.73 Å². The summed E-state index contributed by atoms with van der Waals surface area (Å²) in [5.74, 6) is -0.594. The molecule has 1 unspecified atom stereocenters. The first-order valence-electron chi connectivity index (χ1n) is 8.30. The van der Waals surface area contributed by atoms with E-state index in [0.29, 0.717) is 26.2 Å². The predicted molar refractivity (Wildman–Crippen MR) is 88.6 cm³/mol. The molecule has 0 radical (unpaired) electrons. The molecule has 2 aliphatic rings. The van der Waals surface area contributed by atoms with Crippen molar-refractivity contribution in [3.63, 3.8) is 0 Å². The van der Waals surface area contributed by atoms with Crippen LogP contribution in [-0.2, 0) is 17.5 Å². The van der Waals surface area contributed by atoms with Gasteiger partial charge in [-0.3, -0.25) is 14.7 Å². The zero-order chi connectivity index (χ0) is 19.6. The SMILES string of the molecule is NC(=O)C1C=CN(C(=O)N2CCN(Cc3cnccc3C(F)(F)F)CC2)N1. The van der Waals surface area contributed by atoms with Crippen LogP contribution in [-0.4, -0.2) is 64.0 Å². The highest BCUT2D eigenvalue weighted by Gasteiger charge is 2.34. The highest BCUT2D eigenvalue weighted by atomic mass is 19.4. The quantitative estimate of drug-likeness (QED) is 0.793. The lowest BCUT2D eigenvalue weighted by atomic mass is 10.1. The van der Waals surface area contributed by atoms with Gasteiger partial charge >= 0.3 is 12.2 Å². The van der Waals surface area contributed by atoms with Gasteiger partial charge in [0.1, 0.15) is 6.04 Å². The largest absolute Gasteiger partial charge is 0.416 e. The molecule has 146 valence electrons. The average molecular weight is 384 g/mol. The lowest BCUT2D eigenvalue weighted by Gasteiger charge is -2.36. The molecule has 0 aromatic carbocycles. The molecule has 3 amide bonds. The summed E-state index contributed by atoms with van der Waals surface area (Å²) in [6.07, 6.45) is 0.843. The number of amides is 3. The fraction of sp³-hybridized carbons (Fsp3) is 0.438. The minimum absolute atomic E-state index is 0.107. The third-order valence-electron chi connectivity index (χ3n) is 4.46. The number of primary amides is 1. The Hall–Kier alpha value is -2.66. The van der Waals surface area contributed by atoms with Crippen molar-refractivity contribution in [3.05, 3.63) is 41.9 Å². The smallest absolute Gasteiger partial charge is 0.368 e. The van der Waals surface area contributed by atoms with Crippen LogP contribution in [0.2, 0.25) is 0 Å². The molecule has 0 spiro atoms. The monoisotopic (exact) mass is 384 g/mol. The van der Waals surface area contributed by atoms with Crippen LogP contribution in [0.5, 0.6) is 0 Å². The molecule has 3 N–H and O–H groups in total. The number of nitrogens with two attached hydrogens (primary N) is 1. The van der Waals surface area contributed by atoms with Crippen LogP contribution in [0, 0.1) is 0 Å². The first-order chi connectivity index (χ1) is 12.8. The van der Waals surface area contributed by atoms with Gasteiger partial charge in [-0.25, -0.2) is 15.2 Å². The highest BCUT2D eigenvalue weighted by molar-refractivity contribution is 5.84. The van der Waals surface area contributed by atoms with Crippen LogP contribution >= 0.6 is 0 Å². The topological polar surface area (TPSA) is 94.8 Å². The van der Waals surface area contributed by atoms with Crippen molar-refractivity contribution in [2.45, 2.75) is 18.8 Å². The van der Waals surface area contributed by atoms with Gasteiger partial charge in [0, 0.05) is 51.3 Å². The first kappa shape index (κ1) is 19.1. The van der Waals surface area contributed by atoms with Gasteiger partial charge in [0.25, 0.3) is 0 Å². The van der Waals surface area contributed by atoms with Crippen molar-refractivity contribution in [3.8, 4) is 0 Å². The van der Waals surface area contributed by atoms with Crippen LogP contribution in [0.1, 0.15) is 11.1 Å². The zero-order valence-electron chi connectivity index (χ0n) is 14.3. The number of halogens is 3. The molecule has 2 aliphatic heterocycles. The summed E-state index contributed by atoms with van der Waals surface area (Å²) >= 11 is 0. The van der Waals surface area contributed by atoms with Crippen molar-refractivity contribution >= 4 is 11.9 Å². The summed E-state index contributed by atoms with van der Waals surface area (Å²) < 4.78 is 39.2. The first-order valence-corrected chi connectivity index (χ1v) is 8.30. The van der Waals surface area contributed by atoms with Crippen LogP contribution < -0.4 is 11.2 Å². The minimum Gasteiger partial charge on any atom is -0.368 e. The Kier molecular flexibility index (Phi) is 5.33. The van der Waals surface area contributed by atoms with Gasteiger partial charge in [-0.05, 0) is 17.7 Å². The Balaban J connectivity index is 1.55. The molecule has 1 aromatic rings. The van der Waals surface area contributed by atoms with Crippen LogP contribution in [0.15, 0.2) is 30.7 Å². The molecular weight excluding hydrogens is 365 g/mol. The van der Waals surface area contributed by atoms with E-state index in [9.17, 15) is 22.8 Å². The lowest BCUT2D eigenvalue weighted by Crippen LogP contribution is -2.55. The summed E-state index contributed by atoms with van der Waals surface area (Å²) in [6, 6.07) is -0.107. The molecule has 3 heterocycles. The molecule has 0 aliphatic carbocycles. The van der Waals surface area contributed by atoms with Gasteiger partial charge in [0.15, 0.2) is 0 Å². The van der Waals surface area contributed by atoms with Crippen LogP contribution in [0.4, 0.5) is 18.0 Å². The van der Waals surface area contributed by atoms with Crippen LogP contribution in [0.3, 0.4) is 0 Å². The summed E-state index contributed by atoms with van der Waals surface area (Å²) in [5, 5.41) is 1.19. The van der Waals surface area contributed by atoms with E-state index in [1.165, 1.54) is 23.5 Å². The number of hydrazine groups is 1. The standard InChI is InChI=1S/C16H19F3N6O2/c17-16(18,19)12-1-3-21-9-11(12)10-23-5-7-24(8-6-23)15(27)25-4-2-13(22-25)14(20)26/h1-4,9,13,22H,5-8,10H2,(H2,20,26). The Morgan fingerprint density at radius 3 is 2.56 bits per heavy atom. The maximum absolute atomic E-state index is 13.1. The van der Waals surface area contributed by atoms with E-state index < -0.39 is 23.7 Å². The van der Waals surface area contributed by atoms with E-state index in [1.54, 1.807) is 4.90 Å². The highest BCUT2D eigenvalue weighted by Crippen LogP contribution is 2.32. The van der Waals surface area contributed by atoms with E-state index in [1.807, 2.05) is 4.90 Å². The number of carbonyl (C=O) groups is 2. The van der Waals surface area contributed by atoms with Crippen molar-refractivity contribution in [2.75, 3.05) is 26.2 Å². The molecule has 1 fully saturated rings. The number of carbonyl (C=O) groups excluding carboxylic acids is 2. The second kappa shape index (κ2) is 7.53. The van der Waals surface area contributed by atoms with Gasteiger partial charge in [-0.1, -0.05) is 0 Å². The number of hydrogen-bond acceptors (Lipinski definition) is 5. The second-order valence-corrected chi connectivity index (χ2v) is 6.30. The molecule has 0 saturated carbocycles. The molecule has 3 rings (SSSR count). The Labute approximate surface area is 153 Å². The number of alkyl halides is 3. The van der Waals surface area contributed by atoms with Gasteiger partial charge in [0.2, 0.25) is 5.91 Å². The molecule has 11 heteroatoms. The lowest BCUT2D eigenvalue weighted by molar-refractivity contribution is -0.138. The Bertz CT molecular complexity index is 746. The number of nitrogens with zero attached hydrogens (tertiary/aromatic N) is 4. The number of piperazine rings is 1. The molecule has 0 bridgehead atoms. The Morgan fingerprint density at radius 1 is 1.26 bits per heavy atom. The third kappa shape index (κ3) is 4.37. The second-order valence-electron chi connectivity index (χ2n) is 6.30. The summed E-state index contributed by atoms with van der Waals surface area (Å²) in [6.45, 7) is 1.67. The van der Waals surface area contributed by atoms with Gasteiger partial charge in [0.05, 0.1) is 5.56 Å². The van der Waals surface area contributed by atoms with E-state index >= 15 is 0 Å².